The van der Waals surface area contributed by atoms with E-state index in [1.807, 2.05) is 54.6 Å². The summed E-state index contributed by atoms with van der Waals surface area (Å²) >= 11 is 0. The number of pyridine rings is 1. The lowest BCUT2D eigenvalue weighted by Gasteiger charge is -2.12. The van der Waals surface area contributed by atoms with E-state index in [1.165, 1.54) is 5.56 Å². The lowest BCUT2D eigenvalue weighted by molar-refractivity contribution is 0.0999. The average molecular weight is 302 g/mol. The highest BCUT2D eigenvalue weighted by Crippen LogP contribution is 2.25. The molecule has 1 heterocycles. The molecule has 0 spiro atoms. The molecule has 0 radical (unpaired) electrons. The molecule has 1 aromatic heterocycles. The molecule has 3 nitrogen and oxygen atoms in total. The predicted octanol–water partition coefficient (Wildman–Crippen LogP) is 3.63. The molecule has 2 aromatic carbocycles. The van der Waals surface area contributed by atoms with Gasteiger partial charge in [-0.25, -0.2) is 0 Å². The van der Waals surface area contributed by atoms with Crippen LogP contribution in [-0.2, 0) is 12.8 Å². The lowest BCUT2D eigenvalue weighted by Crippen LogP contribution is -2.17. The number of amides is 1. The first kappa shape index (κ1) is 15.0. The highest BCUT2D eigenvalue weighted by molar-refractivity contribution is 6.00. The van der Waals surface area contributed by atoms with Crippen molar-refractivity contribution in [1.82, 2.24) is 4.98 Å². The van der Waals surface area contributed by atoms with Crippen LogP contribution in [0.5, 0.6) is 0 Å². The molecule has 3 heteroatoms. The molecule has 3 rings (SSSR count). The Labute approximate surface area is 135 Å². The van der Waals surface area contributed by atoms with E-state index >= 15 is 0 Å². The van der Waals surface area contributed by atoms with Gasteiger partial charge in [0.05, 0.1) is 11.3 Å². The summed E-state index contributed by atoms with van der Waals surface area (Å²) in [6, 6.07) is 21.8. The summed E-state index contributed by atoms with van der Waals surface area (Å²) in [5, 5.41) is 0. The van der Waals surface area contributed by atoms with Crippen LogP contribution in [0, 0.1) is 0 Å². The first-order chi connectivity index (χ1) is 11.3. The number of carbonyl (C=O) groups excluding carboxylic acids is 1. The van der Waals surface area contributed by atoms with Crippen LogP contribution in [0.1, 0.15) is 21.6 Å². The van der Waals surface area contributed by atoms with Crippen LogP contribution >= 0.6 is 0 Å². The maximum absolute atomic E-state index is 12.0. The number of aryl methyl sites for hydroxylation is 2. The van der Waals surface area contributed by atoms with Crippen molar-refractivity contribution in [1.29, 1.82) is 0 Å². The number of nitrogens with zero attached hydrogens (tertiary/aromatic N) is 1. The predicted molar refractivity (Wildman–Crippen MR) is 92.0 cm³/mol. The molecule has 0 unspecified atom stereocenters. The van der Waals surface area contributed by atoms with Gasteiger partial charge in [0.1, 0.15) is 0 Å². The van der Waals surface area contributed by atoms with Gasteiger partial charge in [0.15, 0.2) is 0 Å². The number of nitrogens with two attached hydrogens (primary N) is 1. The topological polar surface area (TPSA) is 56.0 Å². The van der Waals surface area contributed by atoms with Crippen LogP contribution in [0.4, 0.5) is 0 Å². The fourth-order valence-corrected chi connectivity index (χ4v) is 2.74. The molecule has 114 valence electrons. The van der Waals surface area contributed by atoms with Crippen LogP contribution in [0.15, 0.2) is 72.9 Å². The van der Waals surface area contributed by atoms with Crippen LogP contribution in [0.2, 0.25) is 0 Å². The third-order valence-corrected chi connectivity index (χ3v) is 3.85. The van der Waals surface area contributed by atoms with Gasteiger partial charge in [0.2, 0.25) is 0 Å². The van der Waals surface area contributed by atoms with Crippen molar-refractivity contribution in [2.45, 2.75) is 12.8 Å². The first-order valence-electron chi connectivity index (χ1n) is 7.63. The monoisotopic (exact) mass is 302 g/mol. The molecule has 1 amide bonds. The minimum absolute atomic E-state index is 0.431. The van der Waals surface area contributed by atoms with Gasteiger partial charge in [0, 0.05) is 6.20 Å². The van der Waals surface area contributed by atoms with E-state index in [0.29, 0.717) is 12.0 Å². The molecule has 0 aliphatic carbocycles. The molecule has 0 aliphatic rings. The fourth-order valence-electron chi connectivity index (χ4n) is 2.74. The van der Waals surface area contributed by atoms with E-state index in [4.69, 9.17) is 5.73 Å². The zero-order valence-corrected chi connectivity index (χ0v) is 12.8. The summed E-state index contributed by atoms with van der Waals surface area (Å²) in [6.07, 6.45) is 3.25. The van der Waals surface area contributed by atoms with E-state index in [1.54, 1.807) is 6.20 Å². The minimum atomic E-state index is -0.431. The summed E-state index contributed by atoms with van der Waals surface area (Å²) in [4.78, 5) is 16.4. The second-order valence-corrected chi connectivity index (χ2v) is 5.40. The Morgan fingerprint density at radius 3 is 2.17 bits per heavy atom. The molecule has 0 fully saturated rings. The maximum atomic E-state index is 12.0. The molecule has 2 N–H and O–H groups in total. The maximum Gasteiger partial charge on any atom is 0.251 e. The number of carbonyl (C=O) groups is 1. The summed E-state index contributed by atoms with van der Waals surface area (Å²) in [5.74, 6) is -0.431. The molecule has 0 aliphatic heterocycles. The van der Waals surface area contributed by atoms with Crippen LogP contribution in [-0.4, -0.2) is 10.9 Å². The standard InChI is InChI=1S/C20H18N2O/c21-20(23)19-17(16-9-5-2-6-10-16)13-14-22-18(19)12-11-15-7-3-1-4-8-15/h1-10,13-14H,11-12H2,(H2,21,23). The van der Waals surface area contributed by atoms with Crippen LogP contribution in [0.3, 0.4) is 0 Å². The summed E-state index contributed by atoms with van der Waals surface area (Å²) < 4.78 is 0. The molecular formula is C20H18N2O. The van der Waals surface area contributed by atoms with Gasteiger partial charge in [-0.05, 0) is 35.6 Å². The Morgan fingerprint density at radius 1 is 0.870 bits per heavy atom. The number of rotatable bonds is 5. The van der Waals surface area contributed by atoms with Crippen molar-refractivity contribution in [2.75, 3.05) is 0 Å². The fraction of sp³-hybridized carbons (Fsp3) is 0.100. The van der Waals surface area contributed by atoms with Crippen molar-refractivity contribution >= 4 is 5.91 Å². The van der Waals surface area contributed by atoms with Gasteiger partial charge in [-0.1, -0.05) is 60.7 Å². The third-order valence-electron chi connectivity index (χ3n) is 3.85. The highest BCUT2D eigenvalue weighted by Gasteiger charge is 2.16. The van der Waals surface area contributed by atoms with Crippen molar-refractivity contribution in [3.63, 3.8) is 0 Å². The lowest BCUT2D eigenvalue weighted by atomic mass is 9.96. The minimum Gasteiger partial charge on any atom is -0.366 e. The molecule has 0 saturated carbocycles. The largest absolute Gasteiger partial charge is 0.366 e. The smallest absolute Gasteiger partial charge is 0.251 e. The number of hydrogen-bond acceptors (Lipinski definition) is 2. The molecule has 0 atom stereocenters. The van der Waals surface area contributed by atoms with Gasteiger partial charge in [-0.3, -0.25) is 9.78 Å². The van der Waals surface area contributed by atoms with Crippen LogP contribution < -0.4 is 5.73 Å². The van der Waals surface area contributed by atoms with Crippen LogP contribution in [0.25, 0.3) is 11.1 Å². The molecule has 3 aromatic rings. The van der Waals surface area contributed by atoms with E-state index in [9.17, 15) is 4.79 Å². The van der Waals surface area contributed by atoms with Gasteiger partial charge in [0.25, 0.3) is 5.91 Å². The van der Waals surface area contributed by atoms with E-state index < -0.39 is 5.91 Å². The molecular weight excluding hydrogens is 284 g/mol. The van der Waals surface area contributed by atoms with Crippen molar-refractivity contribution in [2.24, 2.45) is 5.73 Å². The quantitative estimate of drug-likeness (QED) is 0.782. The molecule has 0 bridgehead atoms. The number of benzene rings is 2. The van der Waals surface area contributed by atoms with Gasteiger partial charge >= 0.3 is 0 Å². The Bertz CT molecular complexity index is 798. The first-order valence-corrected chi connectivity index (χ1v) is 7.63. The Balaban J connectivity index is 1.96. The summed E-state index contributed by atoms with van der Waals surface area (Å²) in [5.41, 5.74) is 9.96. The second kappa shape index (κ2) is 6.88. The summed E-state index contributed by atoms with van der Waals surface area (Å²) in [7, 11) is 0. The van der Waals surface area contributed by atoms with E-state index in [2.05, 4.69) is 17.1 Å². The molecule has 0 saturated heterocycles. The Hall–Kier alpha value is -2.94. The highest BCUT2D eigenvalue weighted by atomic mass is 16.1. The van der Waals surface area contributed by atoms with Gasteiger partial charge in [-0.15, -0.1) is 0 Å². The Kier molecular flexibility index (Phi) is 4.48. The SMILES string of the molecule is NC(=O)c1c(-c2ccccc2)ccnc1CCc1ccccc1. The van der Waals surface area contributed by atoms with Crippen molar-refractivity contribution < 1.29 is 4.79 Å². The summed E-state index contributed by atoms with van der Waals surface area (Å²) in [6.45, 7) is 0. The third kappa shape index (κ3) is 3.46. The zero-order chi connectivity index (χ0) is 16.1. The van der Waals surface area contributed by atoms with Gasteiger partial charge in [-0.2, -0.15) is 0 Å². The van der Waals surface area contributed by atoms with Crippen molar-refractivity contribution in [3.8, 4) is 11.1 Å². The second-order valence-electron chi connectivity index (χ2n) is 5.40. The van der Waals surface area contributed by atoms with Crippen molar-refractivity contribution in [3.05, 3.63) is 89.7 Å². The number of aromatic nitrogens is 1. The zero-order valence-electron chi connectivity index (χ0n) is 12.8. The normalized spacial score (nSPS) is 10.4. The molecule has 23 heavy (non-hydrogen) atoms. The Morgan fingerprint density at radius 2 is 1.52 bits per heavy atom. The van der Waals surface area contributed by atoms with E-state index in [0.717, 1.165) is 23.2 Å². The average Bonchev–Trinajstić information content (AvgIpc) is 2.61. The van der Waals surface area contributed by atoms with Gasteiger partial charge < -0.3 is 5.73 Å². The number of primary amides is 1. The number of hydrogen-bond donors (Lipinski definition) is 1. The van der Waals surface area contributed by atoms with E-state index in [-0.39, 0.29) is 0 Å².